The van der Waals surface area contributed by atoms with Crippen LogP contribution in [0.2, 0.25) is 0 Å². The highest BCUT2D eigenvalue weighted by molar-refractivity contribution is 5.69. The van der Waals surface area contributed by atoms with Crippen LogP contribution in [0.25, 0.3) is 0 Å². The van der Waals surface area contributed by atoms with Gasteiger partial charge in [-0.3, -0.25) is 0 Å². The van der Waals surface area contributed by atoms with Crippen molar-refractivity contribution in [2.45, 2.75) is 38.6 Å². The number of nitrogens with zero attached hydrogens (tertiary/aromatic N) is 1. The first-order chi connectivity index (χ1) is 8.61. The molecule has 1 aliphatic rings. The van der Waals surface area contributed by atoms with E-state index in [0.717, 1.165) is 23.0 Å². The Morgan fingerprint density at radius 3 is 2.44 bits per heavy atom. The predicted octanol–water partition coefficient (Wildman–Crippen LogP) is 3.29. The molecule has 1 aliphatic carbocycles. The molecule has 1 fully saturated rings. The lowest BCUT2D eigenvalue weighted by molar-refractivity contribution is 0.341. The average molecular weight is 248 g/mol. The van der Waals surface area contributed by atoms with Crippen LogP contribution in [0.5, 0.6) is 5.75 Å². The number of ether oxygens (including phenoxy) is 1. The first kappa shape index (κ1) is 13.1. The Hall–Kier alpha value is -1.38. The van der Waals surface area contributed by atoms with Crippen LogP contribution >= 0.6 is 0 Å². The summed E-state index contributed by atoms with van der Waals surface area (Å²) in [5, 5.41) is 0. The minimum Gasteiger partial charge on any atom is -0.497 e. The molecule has 0 unspecified atom stereocenters. The molecule has 0 aromatic heterocycles. The summed E-state index contributed by atoms with van der Waals surface area (Å²) in [6, 6.07) is 6.56. The van der Waals surface area contributed by atoms with Crippen molar-refractivity contribution in [1.29, 1.82) is 0 Å². The number of benzene rings is 1. The van der Waals surface area contributed by atoms with Crippen LogP contribution in [0.4, 0.5) is 11.4 Å². The summed E-state index contributed by atoms with van der Waals surface area (Å²) >= 11 is 0. The molecule has 2 rings (SSSR count). The summed E-state index contributed by atoms with van der Waals surface area (Å²) in [7, 11) is 3.82. The Labute approximate surface area is 110 Å². The van der Waals surface area contributed by atoms with Crippen LogP contribution in [0, 0.1) is 5.92 Å². The second-order valence-electron chi connectivity index (χ2n) is 5.45. The molecule has 3 heteroatoms. The Balaban J connectivity index is 2.11. The number of hydrogen-bond acceptors (Lipinski definition) is 3. The number of rotatable bonds is 3. The van der Waals surface area contributed by atoms with Crippen molar-refractivity contribution in [2.75, 3.05) is 24.8 Å². The van der Waals surface area contributed by atoms with E-state index in [1.54, 1.807) is 7.11 Å². The summed E-state index contributed by atoms with van der Waals surface area (Å²) in [6.07, 6.45) is 5.18. The third kappa shape index (κ3) is 2.71. The van der Waals surface area contributed by atoms with E-state index in [2.05, 4.69) is 24.9 Å². The van der Waals surface area contributed by atoms with Crippen molar-refractivity contribution in [3.8, 4) is 5.75 Å². The molecule has 3 nitrogen and oxygen atoms in total. The Kier molecular flexibility index (Phi) is 4.00. The molecule has 1 saturated carbocycles. The molecule has 18 heavy (non-hydrogen) atoms. The van der Waals surface area contributed by atoms with E-state index in [1.807, 2.05) is 12.1 Å². The first-order valence-corrected chi connectivity index (χ1v) is 6.78. The predicted molar refractivity (Wildman–Crippen MR) is 77.2 cm³/mol. The van der Waals surface area contributed by atoms with Gasteiger partial charge in [0.2, 0.25) is 0 Å². The summed E-state index contributed by atoms with van der Waals surface area (Å²) in [4.78, 5) is 2.33. The molecule has 0 heterocycles. The molecule has 0 spiro atoms. The molecule has 0 saturated heterocycles. The molecule has 0 atom stereocenters. The van der Waals surface area contributed by atoms with Crippen LogP contribution in [0.1, 0.15) is 32.6 Å². The number of anilines is 2. The number of methoxy groups -OCH3 is 1. The van der Waals surface area contributed by atoms with Crippen LogP contribution < -0.4 is 15.4 Å². The van der Waals surface area contributed by atoms with E-state index in [0.29, 0.717) is 6.04 Å². The van der Waals surface area contributed by atoms with E-state index in [9.17, 15) is 0 Å². The van der Waals surface area contributed by atoms with Gasteiger partial charge in [0.05, 0.1) is 18.5 Å². The molecule has 0 aliphatic heterocycles. The van der Waals surface area contributed by atoms with Gasteiger partial charge in [-0.2, -0.15) is 0 Å². The summed E-state index contributed by atoms with van der Waals surface area (Å²) in [6.45, 7) is 2.35. The Morgan fingerprint density at radius 2 is 1.89 bits per heavy atom. The van der Waals surface area contributed by atoms with Gasteiger partial charge in [-0.15, -0.1) is 0 Å². The number of nitrogen functional groups attached to an aromatic ring is 1. The second-order valence-corrected chi connectivity index (χ2v) is 5.45. The molecule has 1 aromatic carbocycles. The van der Waals surface area contributed by atoms with Crippen LogP contribution in [-0.4, -0.2) is 20.2 Å². The molecular formula is C15H24N2O. The van der Waals surface area contributed by atoms with Crippen molar-refractivity contribution in [3.63, 3.8) is 0 Å². The van der Waals surface area contributed by atoms with E-state index >= 15 is 0 Å². The fourth-order valence-electron chi connectivity index (χ4n) is 2.81. The van der Waals surface area contributed by atoms with Gasteiger partial charge in [0.1, 0.15) is 5.75 Å². The number of nitrogens with two attached hydrogens (primary N) is 1. The maximum Gasteiger partial charge on any atom is 0.121 e. The molecule has 0 radical (unpaired) electrons. The zero-order valence-electron chi connectivity index (χ0n) is 11.6. The van der Waals surface area contributed by atoms with Crippen molar-refractivity contribution in [1.82, 2.24) is 0 Å². The van der Waals surface area contributed by atoms with E-state index in [-0.39, 0.29) is 0 Å². The summed E-state index contributed by atoms with van der Waals surface area (Å²) in [5.41, 5.74) is 8.03. The maximum atomic E-state index is 6.11. The largest absolute Gasteiger partial charge is 0.497 e. The van der Waals surface area contributed by atoms with Gasteiger partial charge < -0.3 is 15.4 Å². The van der Waals surface area contributed by atoms with E-state index < -0.39 is 0 Å². The second kappa shape index (κ2) is 5.51. The van der Waals surface area contributed by atoms with Gasteiger partial charge >= 0.3 is 0 Å². The highest BCUT2D eigenvalue weighted by Crippen LogP contribution is 2.33. The zero-order valence-corrected chi connectivity index (χ0v) is 11.6. The molecule has 2 N–H and O–H groups in total. The van der Waals surface area contributed by atoms with Gasteiger partial charge in [-0.1, -0.05) is 6.92 Å². The standard InChI is InChI=1S/C15H24N2O/c1-11-4-6-12(7-5-11)17(2)15-9-8-13(18-3)10-14(15)16/h8-12H,4-7,16H2,1-3H3. The molecule has 1 aromatic rings. The third-order valence-corrected chi connectivity index (χ3v) is 4.15. The van der Waals surface area contributed by atoms with Crippen molar-refractivity contribution in [3.05, 3.63) is 18.2 Å². The SMILES string of the molecule is COc1ccc(N(C)C2CCC(C)CC2)c(N)c1. The van der Waals surface area contributed by atoms with Crippen LogP contribution in [0.3, 0.4) is 0 Å². The molecule has 0 bridgehead atoms. The monoisotopic (exact) mass is 248 g/mol. The van der Waals surface area contributed by atoms with Crippen molar-refractivity contribution < 1.29 is 4.74 Å². The lowest BCUT2D eigenvalue weighted by Gasteiger charge is -2.35. The minimum atomic E-state index is 0.622. The van der Waals surface area contributed by atoms with Gasteiger partial charge in [0.15, 0.2) is 0 Å². The number of hydrogen-bond donors (Lipinski definition) is 1. The summed E-state index contributed by atoms with van der Waals surface area (Å²) < 4.78 is 5.19. The highest BCUT2D eigenvalue weighted by atomic mass is 16.5. The highest BCUT2D eigenvalue weighted by Gasteiger charge is 2.22. The van der Waals surface area contributed by atoms with Crippen LogP contribution in [-0.2, 0) is 0 Å². The minimum absolute atomic E-state index is 0.622. The van der Waals surface area contributed by atoms with Gasteiger partial charge in [-0.05, 0) is 43.7 Å². The lowest BCUT2D eigenvalue weighted by atomic mass is 9.86. The maximum absolute atomic E-state index is 6.11. The lowest BCUT2D eigenvalue weighted by Crippen LogP contribution is -2.35. The van der Waals surface area contributed by atoms with Gasteiger partial charge in [0, 0.05) is 19.2 Å². The third-order valence-electron chi connectivity index (χ3n) is 4.15. The molecule has 100 valence electrons. The molecule has 0 amide bonds. The van der Waals surface area contributed by atoms with E-state index in [4.69, 9.17) is 10.5 Å². The Morgan fingerprint density at radius 1 is 1.22 bits per heavy atom. The van der Waals surface area contributed by atoms with Crippen LogP contribution in [0.15, 0.2) is 18.2 Å². The fraction of sp³-hybridized carbons (Fsp3) is 0.600. The fourth-order valence-corrected chi connectivity index (χ4v) is 2.81. The van der Waals surface area contributed by atoms with Crippen molar-refractivity contribution in [2.24, 2.45) is 5.92 Å². The smallest absolute Gasteiger partial charge is 0.121 e. The van der Waals surface area contributed by atoms with Crippen molar-refractivity contribution >= 4 is 11.4 Å². The average Bonchev–Trinajstić information content (AvgIpc) is 2.38. The Bertz CT molecular complexity index is 397. The van der Waals surface area contributed by atoms with Gasteiger partial charge in [-0.25, -0.2) is 0 Å². The summed E-state index contributed by atoms with van der Waals surface area (Å²) in [5.74, 6) is 1.70. The first-order valence-electron chi connectivity index (χ1n) is 6.78. The normalized spacial score (nSPS) is 23.7. The quantitative estimate of drug-likeness (QED) is 0.834. The zero-order chi connectivity index (χ0) is 13.1. The van der Waals surface area contributed by atoms with Gasteiger partial charge in [0.25, 0.3) is 0 Å². The van der Waals surface area contributed by atoms with E-state index in [1.165, 1.54) is 25.7 Å². The topological polar surface area (TPSA) is 38.5 Å². The molecular weight excluding hydrogens is 224 g/mol.